The predicted octanol–water partition coefficient (Wildman–Crippen LogP) is 16.7. The molecular formula is C52H104NO6P. The largest absolute Gasteiger partial charge is 0.469 e. The first kappa shape index (κ1) is 59.3. The van der Waals surface area contributed by atoms with Crippen molar-refractivity contribution in [3.63, 3.8) is 0 Å². The van der Waals surface area contributed by atoms with Crippen molar-refractivity contribution in [2.24, 2.45) is 0 Å². The highest BCUT2D eigenvalue weighted by atomic mass is 31.2. The Morgan fingerprint density at radius 3 is 1.02 bits per heavy atom. The number of hydrogen-bond donors (Lipinski definition) is 4. The molecule has 60 heavy (non-hydrogen) atoms. The second kappa shape index (κ2) is 47.8. The number of hydrogen-bond acceptors (Lipinski definition) is 4. The number of aliphatic hydroxyl groups is 1. The summed E-state index contributed by atoms with van der Waals surface area (Å²) in [5.74, 6) is -0.219. The number of aliphatic hydroxyl groups excluding tert-OH is 1. The summed E-state index contributed by atoms with van der Waals surface area (Å²) in [7, 11) is -4.72. The van der Waals surface area contributed by atoms with Gasteiger partial charge in [0.2, 0.25) is 5.91 Å². The molecule has 358 valence electrons. The topological polar surface area (TPSA) is 116 Å². The molecular weight excluding hydrogens is 766 g/mol. The predicted molar refractivity (Wildman–Crippen MR) is 260 cm³/mol. The van der Waals surface area contributed by atoms with Crippen LogP contribution in [0.4, 0.5) is 0 Å². The van der Waals surface area contributed by atoms with Crippen LogP contribution in [0.1, 0.15) is 296 Å². The molecule has 0 heterocycles. The highest BCUT2D eigenvalue weighted by Crippen LogP contribution is 2.36. The molecule has 0 aromatic carbocycles. The van der Waals surface area contributed by atoms with Gasteiger partial charge >= 0.3 is 7.82 Å². The van der Waals surface area contributed by atoms with Crippen LogP contribution in [-0.4, -0.2) is 39.6 Å². The van der Waals surface area contributed by atoms with Gasteiger partial charge in [0.15, 0.2) is 0 Å². The summed E-state index contributed by atoms with van der Waals surface area (Å²) in [6, 6.07) is -0.906. The van der Waals surface area contributed by atoms with E-state index in [1.807, 2.05) is 6.08 Å². The van der Waals surface area contributed by atoms with Crippen molar-refractivity contribution < 1.29 is 28.8 Å². The number of allylic oxidation sites excluding steroid dienone is 1. The highest BCUT2D eigenvalue weighted by Gasteiger charge is 2.24. The third-order valence-electron chi connectivity index (χ3n) is 12.5. The van der Waals surface area contributed by atoms with Gasteiger partial charge in [-0.3, -0.25) is 9.32 Å². The maximum absolute atomic E-state index is 12.6. The first-order valence-electron chi connectivity index (χ1n) is 26.6. The zero-order chi connectivity index (χ0) is 43.9. The quantitative estimate of drug-likeness (QED) is 0.0275. The number of nitrogens with one attached hydrogen (secondary N) is 1. The van der Waals surface area contributed by atoms with Crippen molar-refractivity contribution in [2.75, 3.05) is 6.61 Å². The molecule has 0 aliphatic heterocycles. The van der Waals surface area contributed by atoms with Crippen LogP contribution in [-0.2, 0) is 13.9 Å². The Morgan fingerprint density at radius 1 is 0.467 bits per heavy atom. The average Bonchev–Trinajstić information content (AvgIpc) is 3.22. The third kappa shape index (κ3) is 48.3. The minimum Gasteiger partial charge on any atom is -0.387 e. The molecule has 0 bridgehead atoms. The first-order chi connectivity index (χ1) is 29.3. The summed E-state index contributed by atoms with van der Waals surface area (Å²) in [5, 5.41) is 13.4. The summed E-state index contributed by atoms with van der Waals surface area (Å²) >= 11 is 0. The van der Waals surface area contributed by atoms with Crippen LogP contribution in [0.3, 0.4) is 0 Å². The van der Waals surface area contributed by atoms with Crippen molar-refractivity contribution in [3.05, 3.63) is 12.2 Å². The Hall–Kier alpha value is -0.720. The Labute approximate surface area is 373 Å². The SMILES string of the molecule is CCCCCCCCCCCCCC/C=C/[C@@H](O)[C@H](COP(=O)(O)O)NC(=O)CCCCCCCCCCCCCCCCCCCCCCCCCCCCCCCC. The number of unbranched alkanes of at least 4 members (excludes halogenated alkanes) is 41. The van der Waals surface area contributed by atoms with Crippen LogP contribution in [0.5, 0.6) is 0 Å². The van der Waals surface area contributed by atoms with E-state index in [1.54, 1.807) is 6.08 Å². The lowest BCUT2D eigenvalue weighted by atomic mass is 10.0. The number of rotatable bonds is 50. The fourth-order valence-corrected chi connectivity index (χ4v) is 8.82. The van der Waals surface area contributed by atoms with Gasteiger partial charge in [-0.15, -0.1) is 0 Å². The van der Waals surface area contributed by atoms with Crippen LogP contribution in [0.15, 0.2) is 12.2 Å². The molecule has 0 aliphatic carbocycles. The number of phosphoric ester groups is 1. The minimum atomic E-state index is -4.72. The number of carbonyl (C=O) groups is 1. The van der Waals surface area contributed by atoms with E-state index in [9.17, 15) is 24.3 Å². The van der Waals surface area contributed by atoms with Crippen LogP contribution in [0.25, 0.3) is 0 Å². The van der Waals surface area contributed by atoms with Gasteiger partial charge in [0.1, 0.15) is 0 Å². The second-order valence-corrected chi connectivity index (χ2v) is 19.8. The molecule has 4 N–H and O–H groups in total. The molecule has 1 amide bonds. The van der Waals surface area contributed by atoms with E-state index in [0.29, 0.717) is 6.42 Å². The molecule has 0 aliphatic rings. The Morgan fingerprint density at radius 2 is 0.733 bits per heavy atom. The minimum absolute atomic E-state index is 0.219. The molecule has 7 nitrogen and oxygen atoms in total. The van der Waals surface area contributed by atoms with Gasteiger partial charge in [0.25, 0.3) is 0 Å². The average molecular weight is 870 g/mol. The zero-order valence-corrected chi connectivity index (χ0v) is 41.0. The van der Waals surface area contributed by atoms with E-state index in [4.69, 9.17) is 0 Å². The monoisotopic (exact) mass is 870 g/mol. The number of amides is 1. The van der Waals surface area contributed by atoms with E-state index in [1.165, 1.54) is 238 Å². The lowest BCUT2D eigenvalue weighted by Gasteiger charge is -2.22. The van der Waals surface area contributed by atoms with Crippen molar-refractivity contribution in [1.29, 1.82) is 0 Å². The van der Waals surface area contributed by atoms with Gasteiger partial charge in [-0.1, -0.05) is 283 Å². The van der Waals surface area contributed by atoms with E-state index in [-0.39, 0.29) is 5.91 Å². The van der Waals surface area contributed by atoms with Gasteiger partial charge in [-0.05, 0) is 19.3 Å². The van der Waals surface area contributed by atoms with Crippen molar-refractivity contribution >= 4 is 13.7 Å². The maximum atomic E-state index is 12.6. The second-order valence-electron chi connectivity index (χ2n) is 18.6. The zero-order valence-electron chi connectivity index (χ0n) is 40.1. The highest BCUT2D eigenvalue weighted by molar-refractivity contribution is 7.46. The Bertz CT molecular complexity index is 941. The van der Waals surface area contributed by atoms with Gasteiger partial charge in [0.05, 0.1) is 18.8 Å². The lowest BCUT2D eigenvalue weighted by molar-refractivity contribution is -0.123. The summed E-state index contributed by atoms with van der Waals surface area (Å²) in [4.78, 5) is 31.0. The Kier molecular flexibility index (Phi) is 47.2. The molecule has 2 atom stereocenters. The van der Waals surface area contributed by atoms with Gasteiger partial charge in [-0.2, -0.15) is 0 Å². The van der Waals surface area contributed by atoms with E-state index >= 15 is 0 Å². The molecule has 0 saturated carbocycles. The summed E-state index contributed by atoms with van der Waals surface area (Å²) in [6.07, 6.45) is 59.9. The molecule has 0 saturated heterocycles. The molecule has 0 fully saturated rings. The summed E-state index contributed by atoms with van der Waals surface area (Å²) < 4.78 is 16.0. The summed E-state index contributed by atoms with van der Waals surface area (Å²) in [6.45, 7) is 4.11. The summed E-state index contributed by atoms with van der Waals surface area (Å²) in [5.41, 5.74) is 0. The lowest BCUT2D eigenvalue weighted by Crippen LogP contribution is -2.45. The first-order valence-corrected chi connectivity index (χ1v) is 28.2. The molecule has 0 spiro atoms. The molecule has 0 unspecified atom stereocenters. The van der Waals surface area contributed by atoms with Gasteiger partial charge in [-0.25, -0.2) is 4.57 Å². The molecule has 0 rings (SSSR count). The van der Waals surface area contributed by atoms with E-state index in [0.717, 1.165) is 38.5 Å². The molecule has 0 aromatic rings. The van der Waals surface area contributed by atoms with Gasteiger partial charge in [0, 0.05) is 6.42 Å². The van der Waals surface area contributed by atoms with E-state index in [2.05, 4.69) is 23.7 Å². The fraction of sp³-hybridized carbons (Fsp3) is 0.942. The van der Waals surface area contributed by atoms with E-state index < -0.39 is 26.6 Å². The van der Waals surface area contributed by atoms with Crippen molar-refractivity contribution in [2.45, 2.75) is 309 Å². The molecule has 8 heteroatoms. The van der Waals surface area contributed by atoms with Crippen molar-refractivity contribution in [1.82, 2.24) is 5.32 Å². The normalized spacial score (nSPS) is 13.1. The van der Waals surface area contributed by atoms with Crippen LogP contribution in [0.2, 0.25) is 0 Å². The number of phosphoric acid groups is 1. The smallest absolute Gasteiger partial charge is 0.387 e. The van der Waals surface area contributed by atoms with Gasteiger partial charge < -0.3 is 20.2 Å². The molecule has 0 radical (unpaired) electrons. The third-order valence-corrected chi connectivity index (χ3v) is 13.0. The molecule has 0 aromatic heterocycles. The fourth-order valence-electron chi connectivity index (χ4n) is 8.46. The van der Waals surface area contributed by atoms with Crippen LogP contribution >= 0.6 is 7.82 Å². The van der Waals surface area contributed by atoms with Crippen LogP contribution < -0.4 is 5.32 Å². The van der Waals surface area contributed by atoms with Crippen LogP contribution in [0, 0.1) is 0 Å². The Balaban J connectivity index is 3.69. The van der Waals surface area contributed by atoms with Crippen molar-refractivity contribution in [3.8, 4) is 0 Å². The maximum Gasteiger partial charge on any atom is 0.469 e. The standard InChI is InChI=1S/C52H104NO6P/c1-3-5-7-9-11-13-15-17-19-20-21-22-23-24-25-26-27-28-29-30-31-32-33-34-36-38-40-42-44-46-48-52(55)53-50(49-59-60(56,57)58)51(54)47-45-43-41-39-37-35-18-16-14-12-10-8-6-4-2/h45,47,50-51,54H,3-44,46,48-49H2,1-2H3,(H,53,55)(H2,56,57,58)/b47-45+/t50-,51+/m0/s1. The number of carbonyl (C=O) groups excluding carboxylic acids is 1.